The van der Waals surface area contributed by atoms with Gasteiger partial charge in [0.25, 0.3) is 5.91 Å². The van der Waals surface area contributed by atoms with Crippen LogP contribution in [0, 0.1) is 13.8 Å². The third-order valence-electron chi connectivity index (χ3n) is 4.92. The van der Waals surface area contributed by atoms with Crippen molar-refractivity contribution in [3.05, 3.63) is 53.0 Å². The van der Waals surface area contributed by atoms with Crippen LogP contribution >= 0.6 is 0 Å². The SMILES string of the molecule is COCc1ccc(NC(=O)N2CCC(NC(=O)c3cc(C)oc3C)CC2)cc1. The molecule has 0 radical (unpaired) electrons. The summed E-state index contributed by atoms with van der Waals surface area (Å²) in [5.41, 5.74) is 2.39. The summed E-state index contributed by atoms with van der Waals surface area (Å²) in [6, 6.07) is 9.29. The lowest BCUT2D eigenvalue weighted by molar-refractivity contribution is 0.0917. The molecular weight excluding hydrogens is 358 g/mol. The average Bonchev–Trinajstić information content (AvgIpc) is 3.02. The normalized spacial score (nSPS) is 14.8. The predicted molar refractivity (Wildman–Crippen MR) is 106 cm³/mol. The molecule has 1 saturated heterocycles. The van der Waals surface area contributed by atoms with Gasteiger partial charge < -0.3 is 24.7 Å². The van der Waals surface area contributed by atoms with Crippen molar-refractivity contribution in [1.29, 1.82) is 0 Å². The number of urea groups is 1. The quantitative estimate of drug-likeness (QED) is 0.825. The molecule has 0 aliphatic carbocycles. The number of furan rings is 1. The van der Waals surface area contributed by atoms with Crippen LogP contribution in [0.25, 0.3) is 0 Å². The second-order valence-electron chi connectivity index (χ2n) is 7.12. The van der Waals surface area contributed by atoms with E-state index in [1.54, 1.807) is 25.0 Å². The first-order valence-electron chi connectivity index (χ1n) is 9.48. The molecule has 0 unspecified atom stereocenters. The van der Waals surface area contributed by atoms with Gasteiger partial charge in [-0.3, -0.25) is 4.79 Å². The topological polar surface area (TPSA) is 83.8 Å². The van der Waals surface area contributed by atoms with Crippen LogP contribution < -0.4 is 10.6 Å². The molecule has 3 amide bonds. The number of hydrogen-bond acceptors (Lipinski definition) is 4. The molecule has 0 atom stereocenters. The van der Waals surface area contributed by atoms with Crippen molar-refractivity contribution in [1.82, 2.24) is 10.2 Å². The van der Waals surface area contributed by atoms with Crippen molar-refractivity contribution in [2.45, 2.75) is 39.3 Å². The van der Waals surface area contributed by atoms with Crippen LogP contribution in [0.15, 0.2) is 34.7 Å². The zero-order chi connectivity index (χ0) is 20.1. The number of benzene rings is 1. The second kappa shape index (κ2) is 8.93. The Morgan fingerprint density at radius 2 is 1.86 bits per heavy atom. The Labute approximate surface area is 165 Å². The highest BCUT2D eigenvalue weighted by Gasteiger charge is 2.25. The summed E-state index contributed by atoms with van der Waals surface area (Å²) in [5.74, 6) is 1.24. The monoisotopic (exact) mass is 385 g/mol. The van der Waals surface area contributed by atoms with Gasteiger partial charge in [0, 0.05) is 31.9 Å². The number of piperidine rings is 1. The van der Waals surface area contributed by atoms with Gasteiger partial charge >= 0.3 is 6.03 Å². The largest absolute Gasteiger partial charge is 0.466 e. The van der Waals surface area contributed by atoms with E-state index in [1.807, 2.05) is 31.2 Å². The van der Waals surface area contributed by atoms with Crippen molar-refractivity contribution in [3.63, 3.8) is 0 Å². The Bertz CT molecular complexity index is 821. The van der Waals surface area contributed by atoms with Crippen LogP contribution in [0.5, 0.6) is 0 Å². The lowest BCUT2D eigenvalue weighted by atomic mass is 10.0. The van der Waals surface area contributed by atoms with E-state index in [4.69, 9.17) is 9.15 Å². The highest BCUT2D eigenvalue weighted by molar-refractivity contribution is 5.95. The molecule has 7 heteroatoms. The standard InChI is InChI=1S/C21H27N3O4/c1-14-12-19(15(2)28-14)20(25)22-18-8-10-24(11-9-18)21(26)23-17-6-4-16(5-7-17)13-27-3/h4-7,12,18H,8-11,13H2,1-3H3,(H,22,25)(H,23,26). The lowest BCUT2D eigenvalue weighted by Crippen LogP contribution is -2.47. The average molecular weight is 385 g/mol. The fourth-order valence-corrected chi connectivity index (χ4v) is 3.40. The fraction of sp³-hybridized carbons (Fsp3) is 0.429. The number of amides is 3. The van der Waals surface area contributed by atoms with Crippen LogP contribution in [0.2, 0.25) is 0 Å². The molecule has 1 aliphatic heterocycles. The molecule has 1 aliphatic rings. The molecule has 2 aromatic rings. The second-order valence-corrected chi connectivity index (χ2v) is 7.12. The van der Waals surface area contributed by atoms with E-state index in [0.717, 1.165) is 29.9 Å². The number of carbonyl (C=O) groups excluding carboxylic acids is 2. The first-order chi connectivity index (χ1) is 13.5. The van der Waals surface area contributed by atoms with Gasteiger partial charge in [-0.25, -0.2) is 4.79 Å². The van der Waals surface area contributed by atoms with Crippen LogP contribution in [-0.2, 0) is 11.3 Å². The van der Waals surface area contributed by atoms with Gasteiger partial charge in [0.2, 0.25) is 0 Å². The third-order valence-corrected chi connectivity index (χ3v) is 4.92. The smallest absolute Gasteiger partial charge is 0.321 e. The van der Waals surface area contributed by atoms with Crippen LogP contribution in [-0.4, -0.2) is 43.1 Å². The molecule has 3 rings (SSSR count). The first kappa shape index (κ1) is 19.9. The Morgan fingerprint density at radius 1 is 1.18 bits per heavy atom. The number of rotatable bonds is 5. The Hall–Kier alpha value is -2.80. The lowest BCUT2D eigenvalue weighted by Gasteiger charge is -2.32. The van der Waals surface area contributed by atoms with E-state index in [1.165, 1.54) is 0 Å². The molecule has 2 heterocycles. The van der Waals surface area contributed by atoms with Crippen LogP contribution in [0.4, 0.5) is 10.5 Å². The fourth-order valence-electron chi connectivity index (χ4n) is 3.40. The van der Waals surface area contributed by atoms with E-state index >= 15 is 0 Å². The molecule has 1 aromatic carbocycles. The van der Waals surface area contributed by atoms with Crippen molar-refractivity contribution >= 4 is 17.6 Å². The maximum absolute atomic E-state index is 12.5. The molecule has 2 N–H and O–H groups in total. The summed E-state index contributed by atoms with van der Waals surface area (Å²) >= 11 is 0. The number of anilines is 1. The van der Waals surface area contributed by atoms with Gasteiger partial charge in [0.05, 0.1) is 12.2 Å². The summed E-state index contributed by atoms with van der Waals surface area (Å²) < 4.78 is 10.5. The minimum atomic E-state index is -0.120. The summed E-state index contributed by atoms with van der Waals surface area (Å²) in [6.45, 7) is 5.36. The number of nitrogens with one attached hydrogen (secondary N) is 2. The number of nitrogens with zero attached hydrogens (tertiary/aromatic N) is 1. The molecular formula is C21H27N3O4. The summed E-state index contributed by atoms with van der Waals surface area (Å²) in [7, 11) is 1.65. The maximum Gasteiger partial charge on any atom is 0.321 e. The van der Waals surface area contributed by atoms with Crippen LogP contribution in [0.3, 0.4) is 0 Å². The highest BCUT2D eigenvalue weighted by atomic mass is 16.5. The van der Waals surface area contributed by atoms with Gasteiger partial charge in [-0.05, 0) is 50.5 Å². The van der Waals surface area contributed by atoms with Gasteiger partial charge in [-0.15, -0.1) is 0 Å². The molecule has 7 nitrogen and oxygen atoms in total. The molecule has 1 fully saturated rings. The summed E-state index contributed by atoms with van der Waals surface area (Å²) in [6.07, 6.45) is 1.45. The van der Waals surface area contributed by atoms with E-state index in [-0.39, 0.29) is 18.0 Å². The van der Waals surface area contributed by atoms with Crippen LogP contribution in [0.1, 0.15) is 40.3 Å². The number of methoxy groups -OCH3 is 1. The van der Waals surface area contributed by atoms with E-state index in [2.05, 4.69) is 10.6 Å². The maximum atomic E-state index is 12.5. The zero-order valence-corrected chi connectivity index (χ0v) is 16.6. The van der Waals surface area contributed by atoms with Crippen molar-refractivity contribution < 1.29 is 18.7 Å². The summed E-state index contributed by atoms with van der Waals surface area (Å²) in [4.78, 5) is 26.6. The molecule has 0 saturated carbocycles. The Kier molecular flexibility index (Phi) is 6.36. The van der Waals surface area contributed by atoms with E-state index in [9.17, 15) is 9.59 Å². The molecule has 0 spiro atoms. The van der Waals surface area contributed by atoms with E-state index in [0.29, 0.717) is 31.0 Å². The minimum absolute atomic E-state index is 0.0551. The Balaban J connectivity index is 1.47. The number of aryl methyl sites for hydroxylation is 2. The molecule has 1 aromatic heterocycles. The number of carbonyl (C=O) groups is 2. The zero-order valence-electron chi connectivity index (χ0n) is 16.6. The predicted octanol–water partition coefficient (Wildman–Crippen LogP) is 3.47. The van der Waals surface area contributed by atoms with Crippen molar-refractivity contribution in [2.24, 2.45) is 0 Å². The highest BCUT2D eigenvalue weighted by Crippen LogP contribution is 2.17. The molecule has 0 bridgehead atoms. The van der Waals surface area contributed by atoms with Crippen molar-refractivity contribution in [2.75, 3.05) is 25.5 Å². The number of likely N-dealkylation sites (tertiary alicyclic amines) is 1. The van der Waals surface area contributed by atoms with Gasteiger partial charge in [0.15, 0.2) is 0 Å². The Morgan fingerprint density at radius 3 is 2.43 bits per heavy atom. The minimum Gasteiger partial charge on any atom is -0.466 e. The van der Waals surface area contributed by atoms with Gasteiger partial charge in [-0.1, -0.05) is 12.1 Å². The van der Waals surface area contributed by atoms with Gasteiger partial charge in [0.1, 0.15) is 11.5 Å². The van der Waals surface area contributed by atoms with Crippen molar-refractivity contribution in [3.8, 4) is 0 Å². The molecule has 150 valence electrons. The number of ether oxygens (including phenoxy) is 1. The summed E-state index contributed by atoms with van der Waals surface area (Å²) in [5, 5.41) is 5.97. The van der Waals surface area contributed by atoms with E-state index < -0.39 is 0 Å². The van der Waals surface area contributed by atoms with Gasteiger partial charge in [-0.2, -0.15) is 0 Å². The first-order valence-corrected chi connectivity index (χ1v) is 9.48. The number of hydrogen-bond donors (Lipinski definition) is 2. The third kappa shape index (κ3) is 4.92. The molecule has 28 heavy (non-hydrogen) atoms.